The number of piperidine rings is 1. The van der Waals surface area contributed by atoms with Crippen molar-refractivity contribution in [1.82, 2.24) is 24.3 Å². The summed E-state index contributed by atoms with van der Waals surface area (Å²) in [5.41, 5.74) is 2.02. The molecule has 0 radical (unpaired) electrons. The standard InChI is InChI=1S/C29H26N6O6/c36-25(28(39)33-14-4-5-19(17-33)35-24-23(32-29(35)40)8-3-13-30-24)31-18-9-11-20(12-10-18)41-16-15-34-26(37)21-6-1-2-7-22(21)27(34)38/h1-3,6-13,19H,4-5,14-17H2,(H,31,36)(H,32,40). The van der Waals surface area contributed by atoms with E-state index >= 15 is 0 Å². The summed E-state index contributed by atoms with van der Waals surface area (Å²) < 4.78 is 7.24. The summed E-state index contributed by atoms with van der Waals surface area (Å²) in [5, 5.41) is 2.61. The van der Waals surface area contributed by atoms with E-state index in [4.69, 9.17) is 4.74 Å². The van der Waals surface area contributed by atoms with Gasteiger partial charge in [-0.1, -0.05) is 12.1 Å². The topological polar surface area (TPSA) is 147 Å². The second-order valence-electron chi connectivity index (χ2n) is 9.86. The maximum Gasteiger partial charge on any atom is 0.327 e. The fraction of sp³-hybridized carbons (Fsp3) is 0.241. The molecule has 4 amide bonds. The number of aromatic amines is 1. The van der Waals surface area contributed by atoms with Gasteiger partial charge in [0.05, 0.1) is 29.2 Å². The Morgan fingerprint density at radius 1 is 0.976 bits per heavy atom. The fourth-order valence-corrected chi connectivity index (χ4v) is 5.31. The second kappa shape index (κ2) is 10.7. The first kappa shape index (κ1) is 26.0. The van der Waals surface area contributed by atoms with Gasteiger partial charge >= 0.3 is 17.5 Å². The van der Waals surface area contributed by atoms with Crippen LogP contribution in [-0.4, -0.2) is 74.2 Å². The van der Waals surface area contributed by atoms with Crippen LogP contribution in [0.5, 0.6) is 5.75 Å². The maximum absolute atomic E-state index is 13.0. The van der Waals surface area contributed by atoms with E-state index in [0.29, 0.717) is 53.1 Å². The largest absolute Gasteiger partial charge is 0.492 e. The Balaban J connectivity index is 1.02. The highest BCUT2D eigenvalue weighted by atomic mass is 16.5. The number of hydrogen-bond donors (Lipinski definition) is 2. The quantitative estimate of drug-likeness (QED) is 0.274. The number of imide groups is 1. The average molecular weight is 555 g/mol. The smallest absolute Gasteiger partial charge is 0.327 e. The van der Waals surface area contributed by atoms with E-state index in [0.717, 1.165) is 4.90 Å². The molecule has 2 aromatic heterocycles. The van der Waals surface area contributed by atoms with Crippen LogP contribution in [0.3, 0.4) is 0 Å². The predicted octanol–water partition coefficient (Wildman–Crippen LogP) is 2.20. The molecule has 2 N–H and O–H groups in total. The van der Waals surface area contributed by atoms with E-state index in [1.165, 1.54) is 4.90 Å². The number of nitrogens with one attached hydrogen (secondary N) is 2. The van der Waals surface area contributed by atoms with Gasteiger partial charge in [-0.15, -0.1) is 0 Å². The summed E-state index contributed by atoms with van der Waals surface area (Å²) in [7, 11) is 0. The van der Waals surface area contributed by atoms with Crippen LogP contribution in [0.2, 0.25) is 0 Å². The van der Waals surface area contributed by atoms with Crippen molar-refractivity contribution in [2.24, 2.45) is 0 Å². The van der Waals surface area contributed by atoms with Crippen molar-refractivity contribution >= 4 is 40.5 Å². The summed E-state index contributed by atoms with van der Waals surface area (Å²) in [6.45, 7) is 0.820. The van der Waals surface area contributed by atoms with Gasteiger partial charge < -0.3 is 19.9 Å². The van der Waals surface area contributed by atoms with E-state index in [1.807, 2.05) is 0 Å². The van der Waals surface area contributed by atoms with Gasteiger partial charge in [-0.05, 0) is 61.4 Å². The van der Waals surface area contributed by atoms with Gasteiger partial charge in [-0.25, -0.2) is 9.78 Å². The molecule has 1 atom stereocenters. The Kier molecular flexibility index (Phi) is 6.79. The lowest BCUT2D eigenvalue weighted by Gasteiger charge is -2.32. The van der Waals surface area contributed by atoms with E-state index in [9.17, 15) is 24.0 Å². The number of aromatic nitrogens is 3. The molecule has 0 bridgehead atoms. The van der Waals surface area contributed by atoms with Crippen LogP contribution in [0.4, 0.5) is 5.69 Å². The zero-order valence-electron chi connectivity index (χ0n) is 21.9. The van der Waals surface area contributed by atoms with Crippen molar-refractivity contribution in [3.63, 3.8) is 0 Å². The molecule has 4 heterocycles. The molecular weight excluding hydrogens is 528 g/mol. The number of imidazole rings is 1. The van der Waals surface area contributed by atoms with E-state index in [1.54, 1.807) is 71.4 Å². The maximum atomic E-state index is 13.0. The first-order valence-corrected chi connectivity index (χ1v) is 13.2. The first-order chi connectivity index (χ1) is 19.9. The van der Waals surface area contributed by atoms with Gasteiger partial charge in [0.2, 0.25) is 0 Å². The van der Waals surface area contributed by atoms with Crippen molar-refractivity contribution < 1.29 is 23.9 Å². The zero-order valence-corrected chi connectivity index (χ0v) is 21.9. The van der Waals surface area contributed by atoms with Gasteiger partial charge in [-0.2, -0.15) is 0 Å². The lowest BCUT2D eigenvalue weighted by Crippen LogP contribution is -2.46. The van der Waals surface area contributed by atoms with Crippen molar-refractivity contribution in [2.75, 3.05) is 31.6 Å². The van der Waals surface area contributed by atoms with Crippen LogP contribution in [0, 0.1) is 0 Å². The van der Waals surface area contributed by atoms with Crippen LogP contribution >= 0.6 is 0 Å². The Labute approximate surface area is 233 Å². The Morgan fingerprint density at radius 3 is 2.44 bits per heavy atom. The van der Waals surface area contributed by atoms with Crippen molar-refractivity contribution in [3.05, 3.63) is 88.5 Å². The van der Waals surface area contributed by atoms with Gasteiger partial charge in [-0.3, -0.25) is 28.6 Å². The molecule has 1 fully saturated rings. The summed E-state index contributed by atoms with van der Waals surface area (Å²) in [6, 6.07) is 16.3. The number of ether oxygens (including phenoxy) is 1. The number of nitrogens with zero attached hydrogens (tertiary/aromatic N) is 4. The monoisotopic (exact) mass is 554 g/mol. The van der Waals surface area contributed by atoms with Crippen LogP contribution in [0.1, 0.15) is 39.6 Å². The molecule has 1 saturated heterocycles. The number of H-pyrrole nitrogens is 1. The highest BCUT2D eigenvalue weighted by Gasteiger charge is 2.35. The Hall–Kier alpha value is -5.26. The molecule has 6 rings (SSSR count). The molecule has 41 heavy (non-hydrogen) atoms. The number of likely N-dealkylation sites (tertiary alicyclic amines) is 1. The third kappa shape index (κ3) is 4.95. The molecule has 1 unspecified atom stereocenters. The molecule has 2 aliphatic rings. The Bertz CT molecular complexity index is 1690. The number of carbonyl (C=O) groups is 4. The summed E-state index contributed by atoms with van der Waals surface area (Å²) in [4.78, 5) is 72.9. The SMILES string of the molecule is O=C(Nc1ccc(OCCN2C(=O)c3ccccc3C2=O)cc1)C(=O)N1CCCC(n2c(=O)[nH]c3cccnc32)C1. The minimum atomic E-state index is -0.783. The van der Waals surface area contributed by atoms with Crippen LogP contribution in [0.25, 0.3) is 11.2 Å². The molecular formula is C29H26N6O6. The highest BCUT2D eigenvalue weighted by molar-refractivity contribution is 6.39. The summed E-state index contributed by atoms with van der Waals surface area (Å²) >= 11 is 0. The van der Waals surface area contributed by atoms with Crippen LogP contribution in [-0.2, 0) is 9.59 Å². The summed E-state index contributed by atoms with van der Waals surface area (Å²) in [6.07, 6.45) is 2.93. The van der Waals surface area contributed by atoms with Crippen LogP contribution < -0.4 is 15.7 Å². The molecule has 0 saturated carbocycles. The fourth-order valence-electron chi connectivity index (χ4n) is 5.31. The number of benzene rings is 2. The lowest BCUT2D eigenvalue weighted by molar-refractivity contribution is -0.144. The molecule has 0 spiro atoms. The first-order valence-electron chi connectivity index (χ1n) is 13.2. The number of rotatable bonds is 6. The molecule has 2 aromatic carbocycles. The van der Waals surface area contributed by atoms with E-state index in [-0.39, 0.29) is 43.2 Å². The van der Waals surface area contributed by atoms with Crippen molar-refractivity contribution in [3.8, 4) is 5.75 Å². The number of carbonyl (C=O) groups excluding carboxylic acids is 4. The van der Waals surface area contributed by atoms with Gasteiger partial charge in [0.25, 0.3) is 11.8 Å². The highest BCUT2D eigenvalue weighted by Crippen LogP contribution is 2.24. The number of anilines is 1. The molecule has 0 aliphatic carbocycles. The Morgan fingerprint density at radius 2 is 1.71 bits per heavy atom. The average Bonchev–Trinajstić information content (AvgIpc) is 3.46. The zero-order chi connectivity index (χ0) is 28.5. The second-order valence-corrected chi connectivity index (χ2v) is 9.86. The lowest BCUT2D eigenvalue weighted by atomic mass is 10.1. The number of fused-ring (bicyclic) bond motifs is 2. The molecule has 208 valence electrons. The van der Waals surface area contributed by atoms with E-state index < -0.39 is 11.8 Å². The molecule has 4 aromatic rings. The third-order valence-corrected chi connectivity index (χ3v) is 7.29. The van der Waals surface area contributed by atoms with Crippen molar-refractivity contribution in [2.45, 2.75) is 18.9 Å². The van der Waals surface area contributed by atoms with Gasteiger partial charge in [0.15, 0.2) is 5.65 Å². The van der Waals surface area contributed by atoms with Crippen LogP contribution in [0.15, 0.2) is 71.7 Å². The normalized spacial score (nSPS) is 16.6. The predicted molar refractivity (Wildman–Crippen MR) is 148 cm³/mol. The van der Waals surface area contributed by atoms with E-state index in [2.05, 4.69) is 15.3 Å². The minimum absolute atomic E-state index is 0.0941. The molecule has 12 heteroatoms. The third-order valence-electron chi connectivity index (χ3n) is 7.29. The van der Waals surface area contributed by atoms with Gasteiger partial charge in [0.1, 0.15) is 12.4 Å². The number of amides is 4. The number of pyridine rings is 1. The molecule has 2 aliphatic heterocycles. The van der Waals surface area contributed by atoms with Gasteiger partial charge in [0, 0.05) is 25.0 Å². The van der Waals surface area contributed by atoms with Crippen molar-refractivity contribution in [1.29, 1.82) is 0 Å². The molecule has 12 nitrogen and oxygen atoms in total. The summed E-state index contributed by atoms with van der Waals surface area (Å²) in [5.74, 6) is -1.68. The minimum Gasteiger partial charge on any atom is -0.492 e. The number of hydrogen-bond acceptors (Lipinski definition) is 7.